The van der Waals surface area contributed by atoms with Crippen LogP contribution in [0.4, 0.5) is 20.6 Å². The highest BCUT2D eigenvalue weighted by atomic mass is 32.1. The molecule has 0 saturated carbocycles. The molecule has 1 N–H and O–H groups in total. The molecule has 2 fully saturated rings. The first-order valence-electron chi connectivity index (χ1n) is 12.3. The van der Waals surface area contributed by atoms with E-state index in [1.807, 2.05) is 29.2 Å². The summed E-state index contributed by atoms with van der Waals surface area (Å²) in [7, 11) is 0. The van der Waals surface area contributed by atoms with Gasteiger partial charge in [-0.25, -0.2) is 19.6 Å². The van der Waals surface area contributed by atoms with Crippen molar-refractivity contribution in [2.75, 3.05) is 42.5 Å². The molecule has 9 nitrogen and oxygen atoms in total. The summed E-state index contributed by atoms with van der Waals surface area (Å²) in [4.78, 5) is 44.3. The van der Waals surface area contributed by atoms with Gasteiger partial charge in [0.15, 0.2) is 0 Å². The van der Waals surface area contributed by atoms with Crippen molar-refractivity contribution < 1.29 is 23.5 Å². The van der Waals surface area contributed by atoms with Gasteiger partial charge in [0.2, 0.25) is 5.91 Å². The van der Waals surface area contributed by atoms with Crippen LogP contribution >= 0.6 is 11.3 Å². The number of halogens is 1. The second-order valence-electron chi connectivity index (χ2n) is 9.19. The maximum absolute atomic E-state index is 15.2. The number of thiazole rings is 1. The van der Waals surface area contributed by atoms with Crippen LogP contribution in [0.15, 0.2) is 42.5 Å². The maximum Gasteiger partial charge on any atom is 0.414 e. The molecule has 5 rings (SSSR count). The zero-order chi connectivity index (χ0) is 25.9. The number of hydrazine groups is 1. The van der Waals surface area contributed by atoms with E-state index in [4.69, 9.17) is 4.74 Å². The topological polar surface area (TPSA) is 95.1 Å². The summed E-state index contributed by atoms with van der Waals surface area (Å²) in [5.74, 6) is -0.496. The van der Waals surface area contributed by atoms with Gasteiger partial charge >= 0.3 is 6.09 Å². The van der Waals surface area contributed by atoms with E-state index in [0.717, 1.165) is 15.2 Å². The van der Waals surface area contributed by atoms with Gasteiger partial charge in [-0.05, 0) is 43.7 Å². The van der Waals surface area contributed by atoms with Crippen LogP contribution in [-0.4, -0.2) is 66.6 Å². The molecule has 0 radical (unpaired) electrons. The number of fused-ring (bicyclic) bond motifs is 1. The molecule has 11 heteroatoms. The predicted molar refractivity (Wildman–Crippen MR) is 139 cm³/mol. The first kappa shape index (κ1) is 25.1. The molecule has 3 heterocycles. The Labute approximate surface area is 217 Å². The van der Waals surface area contributed by atoms with E-state index in [0.29, 0.717) is 50.4 Å². The van der Waals surface area contributed by atoms with Gasteiger partial charge in [-0.2, -0.15) is 0 Å². The van der Waals surface area contributed by atoms with Crippen molar-refractivity contribution in [2.24, 2.45) is 0 Å². The van der Waals surface area contributed by atoms with Crippen LogP contribution in [0.1, 0.15) is 24.8 Å². The SMILES string of the molecule is CC(=O)CC[C@H]1CN(c2ccc(N3CCNN(C(=O)Cc4nc5ccccc5s4)CC3)c(F)c2)C(=O)O1. The number of Topliss-reactive ketones (excluding diaryl/α,β-unsaturated/α-hetero) is 1. The molecule has 0 spiro atoms. The third-order valence-corrected chi connectivity index (χ3v) is 7.53. The van der Waals surface area contributed by atoms with E-state index in [-0.39, 0.29) is 30.8 Å². The van der Waals surface area contributed by atoms with Gasteiger partial charge < -0.3 is 14.4 Å². The normalized spacial score (nSPS) is 18.3. The number of amides is 2. The first-order valence-corrected chi connectivity index (χ1v) is 13.1. The van der Waals surface area contributed by atoms with Crippen LogP contribution in [0.25, 0.3) is 10.2 Å². The minimum Gasteiger partial charge on any atom is -0.444 e. The van der Waals surface area contributed by atoms with Crippen molar-refractivity contribution in [3.63, 3.8) is 0 Å². The third-order valence-electron chi connectivity index (χ3n) is 6.50. The lowest BCUT2D eigenvalue weighted by Gasteiger charge is -2.24. The average Bonchev–Trinajstić information content (AvgIpc) is 3.36. The summed E-state index contributed by atoms with van der Waals surface area (Å²) < 4.78 is 21.5. The number of hydrogen-bond donors (Lipinski definition) is 1. The van der Waals surface area contributed by atoms with Gasteiger partial charge in [-0.15, -0.1) is 11.3 Å². The largest absolute Gasteiger partial charge is 0.444 e. The number of carbonyl (C=O) groups is 3. The number of carbonyl (C=O) groups excluding carboxylic acids is 3. The standard InChI is InChI=1S/C26H28FN5O4S/c1-17(33)6-8-19-16-31(26(35)36-19)18-7-9-22(20(27)14-18)30-11-10-28-32(13-12-30)25(34)15-24-29-21-4-2-3-5-23(21)37-24/h2-5,7,9,14,19,28H,6,8,10-13,15-16H2,1H3/t19-/m0/s1. The lowest BCUT2D eigenvalue weighted by Crippen LogP contribution is -2.44. The van der Waals surface area contributed by atoms with E-state index in [9.17, 15) is 14.4 Å². The van der Waals surface area contributed by atoms with E-state index in [1.165, 1.54) is 29.2 Å². The number of nitrogens with one attached hydrogen (secondary N) is 1. The lowest BCUT2D eigenvalue weighted by atomic mass is 10.1. The van der Waals surface area contributed by atoms with Crippen LogP contribution in [0.3, 0.4) is 0 Å². The van der Waals surface area contributed by atoms with Gasteiger partial charge in [0.05, 0.1) is 41.1 Å². The van der Waals surface area contributed by atoms with Crippen molar-refractivity contribution in [2.45, 2.75) is 32.3 Å². The summed E-state index contributed by atoms with van der Waals surface area (Å²) in [5, 5.41) is 2.35. The Hall–Kier alpha value is -3.57. The summed E-state index contributed by atoms with van der Waals surface area (Å²) in [5.41, 5.74) is 4.85. The fourth-order valence-corrected chi connectivity index (χ4v) is 5.53. The zero-order valence-electron chi connectivity index (χ0n) is 20.5. The van der Waals surface area contributed by atoms with Gasteiger partial charge in [0.25, 0.3) is 0 Å². The summed E-state index contributed by atoms with van der Waals surface area (Å²) >= 11 is 1.51. The molecular weight excluding hydrogens is 497 g/mol. The van der Waals surface area contributed by atoms with Crippen molar-refractivity contribution in [3.05, 3.63) is 53.3 Å². The number of para-hydroxylation sites is 1. The minimum atomic E-state index is -0.540. The first-order chi connectivity index (χ1) is 17.9. The molecule has 0 aliphatic carbocycles. The molecule has 1 atom stereocenters. The van der Waals surface area contributed by atoms with Crippen molar-refractivity contribution in [3.8, 4) is 0 Å². The molecule has 37 heavy (non-hydrogen) atoms. The maximum atomic E-state index is 15.2. The number of aromatic nitrogens is 1. The number of rotatable bonds is 7. The molecule has 2 aliphatic rings. The highest BCUT2D eigenvalue weighted by molar-refractivity contribution is 7.18. The minimum absolute atomic E-state index is 0.0360. The third kappa shape index (κ3) is 5.72. The zero-order valence-corrected chi connectivity index (χ0v) is 21.3. The summed E-state index contributed by atoms with van der Waals surface area (Å²) in [6.45, 7) is 3.61. The van der Waals surface area contributed by atoms with E-state index in [1.54, 1.807) is 17.1 Å². The Bertz CT molecular complexity index is 1300. The van der Waals surface area contributed by atoms with E-state index in [2.05, 4.69) is 10.4 Å². The number of nitrogens with zero attached hydrogens (tertiary/aromatic N) is 4. The van der Waals surface area contributed by atoms with Crippen molar-refractivity contribution in [1.82, 2.24) is 15.4 Å². The monoisotopic (exact) mass is 525 g/mol. The van der Waals surface area contributed by atoms with Gasteiger partial charge in [0.1, 0.15) is 22.7 Å². The van der Waals surface area contributed by atoms with E-state index < -0.39 is 11.9 Å². The summed E-state index contributed by atoms with van der Waals surface area (Å²) in [6.07, 6.45) is 0.0633. The van der Waals surface area contributed by atoms with Gasteiger partial charge in [0, 0.05) is 26.1 Å². The second kappa shape index (κ2) is 10.8. The molecule has 3 aromatic rings. The quantitative estimate of drug-likeness (QED) is 0.504. The Morgan fingerprint density at radius 1 is 1.19 bits per heavy atom. The van der Waals surface area contributed by atoms with Crippen molar-refractivity contribution in [1.29, 1.82) is 0 Å². The highest BCUT2D eigenvalue weighted by Crippen LogP contribution is 2.29. The molecule has 0 bridgehead atoms. The van der Waals surface area contributed by atoms with Gasteiger partial charge in [-0.3, -0.25) is 14.7 Å². The number of ether oxygens (including phenoxy) is 1. The molecule has 2 saturated heterocycles. The number of hydrogen-bond acceptors (Lipinski definition) is 8. The fraction of sp³-hybridized carbons (Fsp3) is 0.385. The molecule has 2 aliphatic heterocycles. The fourth-order valence-electron chi connectivity index (χ4n) is 4.57. The second-order valence-corrected chi connectivity index (χ2v) is 10.3. The van der Waals surface area contributed by atoms with Crippen LogP contribution in [-0.2, 0) is 20.7 Å². The van der Waals surface area contributed by atoms with E-state index >= 15 is 4.39 Å². The number of benzene rings is 2. The predicted octanol–water partition coefficient (Wildman–Crippen LogP) is 3.53. The molecule has 0 unspecified atom stereocenters. The molecule has 2 amide bonds. The molecule has 2 aromatic carbocycles. The highest BCUT2D eigenvalue weighted by Gasteiger charge is 2.33. The number of cyclic esters (lactones) is 1. The Kier molecular flexibility index (Phi) is 7.33. The number of anilines is 2. The Morgan fingerprint density at radius 3 is 2.81 bits per heavy atom. The van der Waals surface area contributed by atoms with Crippen LogP contribution in [0.2, 0.25) is 0 Å². The lowest BCUT2D eigenvalue weighted by molar-refractivity contribution is -0.133. The van der Waals surface area contributed by atoms with Gasteiger partial charge in [-0.1, -0.05) is 12.1 Å². The summed E-state index contributed by atoms with van der Waals surface area (Å²) in [6, 6.07) is 12.5. The molecular formula is C26H28FN5O4S. The number of ketones is 1. The smallest absolute Gasteiger partial charge is 0.414 e. The van der Waals surface area contributed by atoms with Crippen LogP contribution in [0, 0.1) is 5.82 Å². The molecule has 194 valence electrons. The molecule has 1 aromatic heterocycles. The van der Waals surface area contributed by atoms with Crippen LogP contribution in [0.5, 0.6) is 0 Å². The van der Waals surface area contributed by atoms with Crippen LogP contribution < -0.4 is 15.2 Å². The Morgan fingerprint density at radius 2 is 2.03 bits per heavy atom. The average molecular weight is 526 g/mol. The van der Waals surface area contributed by atoms with Crippen molar-refractivity contribution >= 4 is 50.7 Å². The Balaban J connectivity index is 1.20.